The Morgan fingerprint density at radius 3 is 2.76 bits per heavy atom. The third kappa shape index (κ3) is 3.60. The van der Waals surface area contributed by atoms with E-state index in [1.54, 1.807) is 24.3 Å². The third-order valence-corrected chi connectivity index (χ3v) is 2.26. The Morgan fingerprint density at radius 1 is 1.47 bits per heavy atom. The molecule has 90 valence electrons. The van der Waals surface area contributed by atoms with E-state index in [1.165, 1.54) is 6.08 Å². The predicted molar refractivity (Wildman–Crippen MR) is 62.2 cm³/mol. The SMILES string of the molecule is C=CCOC(=O)c1ccc(OCC2CO2)cc1. The summed E-state index contributed by atoms with van der Waals surface area (Å²) in [4.78, 5) is 11.5. The quantitative estimate of drug-likeness (QED) is 0.428. The molecule has 1 atom stereocenters. The second kappa shape index (κ2) is 5.50. The van der Waals surface area contributed by atoms with Crippen molar-refractivity contribution in [3.8, 4) is 5.75 Å². The average molecular weight is 234 g/mol. The summed E-state index contributed by atoms with van der Waals surface area (Å²) in [7, 11) is 0. The van der Waals surface area contributed by atoms with Crippen LogP contribution in [0.4, 0.5) is 0 Å². The van der Waals surface area contributed by atoms with Gasteiger partial charge in [-0.2, -0.15) is 0 Å². The first-order valence-corrected chi connectivity index (χ1v) is 5.42. The van der Waals surface area contributed by atoms with Gasteiger partial charge in [0, 0.05) is 0 Å². The van der Waals surface area contributed by atoms with Crippen LogP contribution in [-0.2, 0) is 9.47 Å². The van der Waals surface area contributed by atoms with Crippen LogP contribution < -0.4 is 4.74 Å². The van der Waals surface area contributed by atoms with Crippen LogP contribution in [0.15, 0.2) is 36.9 Å². The number of epoxide rings is 1. The van der Waals surface area contributed by atoms with E-state index in [2.05, 4.69) is 6.58 Å². The Balaban J connectivity index is 1.87. The van der Waals surface area contributed by atoms with Crippen molar-refractivity contribution in [2.24, 2.45) is 0 Å². The van der Waals surface area contributed by atoms with Crippen molar-refractivity contribution in [1.82, 2.24) is 0 Å². The van der Waals surface area contributed by atoms with Crippen molar-refractivity contribution in [3.63, 3.8) is 0 Å². The highest BCUT2D eigenvalue weighted by Gasteiger charge is 2.23. The first kappa shape index (κ1) is 11.7. The van der Waals surface area contributed by atoms with Crippen molar-refractivity contribution in [2.45, 2.75) is 6.10 Å². The molecule has 1 aromatic rings. The number of hydrogen-bond donors (Lipinski definition) is 0. The van der Waals surface area contributed by atoms with Crippen LogP contribution in [0.25, 0.3) is 0 Å². The molecule has 1 heterocycles. The zero-order chi connectivity index (χ0) is 12.1. The minimum absolute atomic E-state index is 0.218. The number of hydrogen-bond acceptors (Lipinski definition) is 4. The zero-order valence-corrected chi connectivity index (χ0v) is 9.43. The molecule has 0 aromatic heterocycles. The molecule has 0 N–H and O–H groups in total. The van der Waals surface area contributed by atoms with Gasteiger partial charge >= 0.3 is 5.97 Å². The van der Waals surface area contributed by atoms with Gasteiger partial charge in [-0.1, -0.05) is 12.7 Å². The third-order valence-electron chi connectivity index (χ3n) is 2.26. The van der Waals surface area contributed by atoms with Gasteiger partial charge in [0.25, 0.3) is 0 Å². The molecular formula is C13H14O4. The summed E-state index contributed by atoms with van der Waals surface area (Å²) in [6, 6.07) is 6.84. The molecule has 0 amide bonds. The number of carbonyl (C=O) groups excluding carboxylic acids is 1. The number of benzene rings is 1. The van der Waals surface area contributed by atoms with E-state index in [4.69, 9.17) is 14.2 Å². The van der Waals surface area contributed by atoms with Crippen LogP contribution in [-0.4, -0.2) is 31.9 Å². The minimum Gasteiger partial charge on any atom is -0.491 e. The molecule has 1 saturated heterocycles. The molecule has 17 heavy (non-hydrogen) atoms. The smallest absolute Gasteiger partial charge is 0.338 e. The normalized spacial score (nSPS) is 17.3. The highest BCUT2D eigenvalue weighted by atomic mass is 16.6. The largest absolute Gasteiger partial charge is 0.491 e. The second-order valence-corrected chi connectivity index (χ2v) is 3.68. The van der Waals surface area contributed by atoms with Crippen LogP contribution in [0.5, 0.6) is 5.75 Å². The molecule has 1 unspecified atom stereocenters. The molecule has 0 radical (unpaired) electrons. The van der Waals surface area contributed by atoms with E-state index in [-0.39, 0.29) is 18.7 Å². The molecule has 4 nitrogen and oxygen atoms in total. The van der Waals surface area contributed by atoms with Gasteiger partial charge in [-0.15, -0.1) is 0 Å². The van der Waals surface area contributed by atoms with E-state index in [0.717, 1.165) is 12.4 Å². The van der Waals surface area contributed by atoms with Gasteiger partial charge in [0.05, 0.1) is 12.2 Å². The fraction of sp³-hybridized carbons (Fsp3) is 0.308. The van der Waals surface area contributed by atoms with Gasteiger partial charge in [0.2, 0.25) is 0 Å². The lowest BCUT2D eigenvalue weighted by atomic mass is 10.2. The summed E-state index contributed by atoms with van der Waals surface area (Å²) in [5.41, 5.74) is 0.502. The maximum Gasteiger partial charge on any atom is 0.338 e. The van der Waals surface area contributed by atoms with Gasteiger partial charge < -0.3 is 14.2 Å². The van der Waals surface area contributed by atoms with Crippen molar-refractivity contribution >= 4 is 5.97 Å². The molecule has 0 bridgehead atoms. The van der Waals surface area contributed by atoms with Crippen LogP contribution in [0.2, 0.25) is 0 Å². The lowest BCUT2D eigenvalue weighted by Crippen LogP contribution is -2.06. The van der Waals surface area contributed by atoms with Gasteiger partial charge in [0.1, 0.15) is 25.1 Å². The maximum atomic E-state index is 11.5. The number of rotatable bonds is 6. The summed E-state index contributed by atoms with van der Waals surface area (Å²) >= 11 is 0. The number of esters is 1. The summed E-state index contributed by atoms with van der Waals surface area (Å²) in [5, 5.41) is 0. The van der Waals surface area contributed by atoms with E-state index < -0.39 is 0 Å². The maximum absolute atomic E-state index is 11.5. The number of ether oxygens (including phenoxy) is 3. The van der Waals surface area contributed by atoms with E-state index >= 15 is 0 Å². The average Bonchev–Trinajstić information content (AvgIpc) is 3.18. The molecule has 1 aliphatic rings. The summed E-state index contributed by atoms with van der Waals surface area (Å²) < 4.78 is 15.4. The summed E-state index contributed by atoms with van der Waals surface area (Å²) in [5.74, 6) is 0.364. The Morgan fingerprint density at radius 2 is 2.18 bits per heavy atom. The number of carbonyl (C=O) groups is 1. The monoisotopic (exact) mass is 234 g/mol. The fourth-order valence-corrected chi connectivity index (χ4v) is 1.26. The Bertz CT molecular complexity index is 392. The molecule has 1 fully saturated rings. The Labute approximate surface area is 99.8 Å². The molecular weight excluding hydrogens is 220 g/mol. The fourth-order valence-electron chi connectivity index (χ4n) is 1.26. The highest BCUT2D eigenvalue weighted by Crippen LogP contribution is 2.16. The molecule has 2 rings (SSSR count). The molecule has 0 spiro atoms. The highest BCUT2D eigenvalue weighted by molar-refractivity contribution is 5.89. The Hall–Kier alpha value is -1.81. The molecule has 0 aliphatic carbocycles. The van der Waals surface area contributed by atoms with Crippen LogP contribution in [0.3, 0.4) is 0 Å². The van der Waals surface area contributed by atoms with E-state index in [9.17, 15) is 4.79 Å². The Kier molecular flexibility index (Phi) is 3.77. The zero-order valence-electron chi connectivity index (χ0n) is 9.43. The van der Waals surface area contributed by atoms with Gasteiger partial charge in [-0.3, -0.25) is 0 Å². The van der Waals surface area contributed by atoms with Gasteiger partial charge in [0.15, 0.2) is 0 Å². The lowest BCUT2D eigenvalue weighted by molar-refractivity contribution is 0.0549. The topological polar surface area (TPSA) is 48.1 Å². The van der Waals surface area contributed by atoms with E-state index in [1.807, 2.05) is 0 Å². The molecule has 1 aromatic carbocycles. The van der Waals surface area contributed by atoms with Crippen LogP contribution in [0, 0.1) is 0 Å². The molecule has 1 aliphatic heterocycles. The van der Waals surface area contributed by atoms with Crippen LogP contribution >= 0.6 is 0 Å². The van der Waals surface area contributed by atoms with E-state index in [0.29, 0.717) is 12.2 Å². The molecule has 0 saturated carbocycles. The van der Waals surface area contributed by atoms with Gasteiger partial charge in [-0.05, 0) is 24.3 Å². The minimum atomic E-state index is -0.359. The lowest BCUT2D eigenvalue weighted by Gasteiger charge is -2.05. The van der Waals surface area contributed by atoms with Crippen LogP contribution in [0.1, 0.15) is 10.4 Å². The van der Waals surface area contributed by atoms with Crippen molar-refractivity contribution < 1.29 is 19.0 Å². The van der Waals surface area contributed by atoms with Crippen molar-refractivity contribution in [3.05, 3.63) is 42.5 Å². The molecule has 4 heteroatoms. The summed E-state index contributed by atoms with van der Waals surface area (Å²) in [6.45, 7) is 5.02. The standard InChI is InChI=1S/C13H14O4/c1-2-7-15-13(14)10-3-5-11(6-4-10)16-8-12-9-17-12/h2-6,12H,1,7-9H2. The summed E-state index contributed by atoms with van der Waals surface area (Å²) in [6.07, 6.45) is 1.76. The first-order valence-electron chi connectivity index (χ1n) is 5.42. The predicted octanol–water partition coefficient (Wildman–Crippen LogP) is 1.81. The van der Waals surface area contributed by atoms with Crippen molar-refractivity contribution in [2.75, 3.05) is 19.8 Å². The first-order chi connectivity index (χ1) is 8.29. The van der Waals surface area contributed by atoms with Gasteiger partial charge in [-0.25, -0.2) is 4.79 Å². The second-order valence-electron chi connectivity index (χ2n) is 3.68. The van der Waals surface area contributed by atoms with Crippen molar-refractivity contribution in [1.29, 1.82) is 0 Å².